The molecule has 1 aromatic carbocycles. The van der Waals surface area contributed by atoms with Gasteiger partial charge in [-0.15, -0.1) is 11.6 Å². The van der Waals surface area contributed by atoms with E-state index in [4.69, 9.17) is 16.6 Å². The van der Waals surface area contributed by atoms with Crippen molar-refractivity contribution in [3.63, 3.8) is 0 Å². The second-order valence-corrected chi connectivity index (χ2v) is 7.88. The first kappa shape index (κ1) is 18.3. The highest BCUT2D eigenvalue weighted by Gasteiger charge is 2.41. The molecule has 5 rings (SSSR count). The van der Waals surface area contributed by atoms with Crippen LogP contribution in [0.1, 0.15) is 27.2 Å². The number of H-pyrrole nitrogens is 1. The van der Waals surface area contributed by atoms with Gasteiger partial charge in [0.2, 0.25) is 0 Å². The Labute approximate surface area is 171 Å². The Balaban J connectivity index is 1.63. The third-order valence-electron chi connectivity index (χ3n) is 5.69. The smallest absolute Gasteiger partial charge is 0.253 e. The van der Waals surface area contributed by atoms with Crippen molar-refractivity contribution in [2.45, 2.75) is 24.8 Å². The number of nitrogens with zero attached hydrogens (tertiary/aromatic N) is 2. The third-order valence-corrected chi connectivity index (χ3v) is 6.20. The number of aromatic amines is 1. The molecular formula is C21H18ClFN4O2. The number of fused-ring (bicyclic) bond motifs is 5. The summed E-state index contributed by atoms with van der Waals surface area (Å²) in [6.45, 7) is -0.242. The summed E-state index contributed by atoms with van der Waals surface area (Å²) in [4.78, 5) is 25.3. The van der Waals surface area contributed by atoms with Gasteiger partial charge in [0.1, 0.15) is 5.82 Å². The molecule has 0 radical (unpaired) electrons. The molecule has 6 nitrogen and oxygen atoms in total. The molecule has 1 atom stereocenters. The number of alkyl halides is 1. The van der Waals surface area contributed by atoms with Gasteiger partial charge in [-0.3, -0.25) is 4.79 Å². The number of carbonyl (C=O) groups excluding carboxylic acids is 1. The summed E-state index contributed by atoms with van der Waals surface area (Å²) in [5.74, 6) is -0.0428. The van der Waals surface area contributed by atoms with E-state index < -0.39 is 5.54 Å². The van der Waals surface area contributed by atoms with Gasteiger partial charge in [-0.05, 0) is 36.1 Å². The van der Waals surface area contributed by atoms with E-state index in [2.05, 4.69) is 15.3 Å². The van der Waals surface area contributed by atoms with Gasteiger partial charge in [0, 0.05) is 29.8 Å². The number of aliphatic hydroxyl groups is 1. The van der Waals surface area contributed by atoms with Crippen LogP contribution in [0.2, 0.25) is 0 Å². The molecule has 0 fully saturated rings. The number of aromatic nitrogens is 3. The normalized spacial score (nSPS) is 19.9. The molecule has 2 aliphatic rings. The molecule has 8 heteroatoms. The Morgan fingerprint density at radius 2 is 2.17 bits per heavy atom. The van der Waals surface area contributed by atoms with E-state index in [1.807, 2.05) is 0 Å². The largest absolute Gasteiger partial charge is 0.394 e. The van der Waals surface area contributed by atoms with Crippen molar-refractivity contribution in [1.29, 1.82) is 0 Å². The van der Waals surface area contributed by atoms with Crippen molar-refractivity contribution in [2.75, 3.05) is 12.5 Å². The number of hydrogen-bond donors (Lipinski definition) is 3. The third kappa shape index (κ3) is 2.84. The molecule has 3 aromatic rings. The Morgan fingerprint density at radius 3 is 2.93 bits per heavy atom. The first-order valence-corrected chi connectivity index (χ1v) is 9.92. The first-order valence-electron chi connectivity index (χ1n) is 9.39. The lowest BCUT2D eigenvalue weighted by Gasteiger charge is -2.34. The topological polar surface area (TPSA) is 90.9 Å². The van der Waals surface area contributed by atoms with Crippen LogP contribution < -0.4 is 5.32 Å². The van der Waals surface area contributed by atoms with Crippen molar-refractivity contribution in [3.8, 4) is 22.8 Å². The quantitative estimate of drug-likeness (QED) is 0.577. The molecular weight excluding hydrogens is 395 g/mol. The fourth-order valence-electron chi connectivity index (χ4n) is 4.19. The van der Waals surface area contributed by atoms with Crippen molar-refractivity contribution >= 4 is 17.5 Å². The average molecular weight is 413 g/mol. The molecule has 148 valence electrons. The zero-order chi connectivity index (χ0) is 20.2. The van der Waals surface area contributed by atoms with E-state index in [1.165, 1.54) is 12.1 Å². The summed E-state index contributed by atoms with van der Waals surface area (Å²) >= 11 is 6.04. The number of rotatable bonds is 3. The predicted molar refractivity (Wildman–Crippen MR) is 106 cm³/mol. The number of carbonyl (C=O) groups is 1. The molecule has 3 heterocycles. The van der Waals surface area contributed by atoms with Crippen LogP contribution in [0.3, 0.4) is 0 Å². The van der Waals surface area contributed by atoms with Crippen LogP contribution in [0.4, 0.5) is 4.39 Å². The summed E-state index contributed by atoms with van der Waals surface area (Å²) in [5.41, 5.74) is 4.49. The molecule has 0 saturated heterocycles. The molecule has 29 heavy (non-hydrogen) atoms. The number of halogens is 2. The van der Waals surface area contributed by atoms with Gasteiger partial charge < -0.3 is 15.4 Å². The molecule has 1 unspecified atom stereocenters. The van der Waals surface area contributed by atoms with Crippen LogP contribution in [0.15, 0.2) is 30.5 Å². The number of nitrogens with one attached hydrogen (secondary N) is 2. The van der Waals surface area contributed by atoms with E-state index >= 15 is 0 Å². The van der Waals surface area contributed by atoms with Crippen LogP contribution in [0.25, 0.3) is 22.8 Å². The van der Waals surface area contributed by atoms with Gasteiger partial charge in [-0.1, -0.05) is 12.1 Å². The molecule has 2 aromatic heterocycles. The maximum Gasteiger partial charge on any atom is 0.253 e. The van der Waals surface area contributed by atoms with Crippen LogP contribution in [0.5, 0.6) is 0 Å². The Bertz CT molecular complexity index is 1140. The van der Waals surface area contributed by atoms with E-state index in [1.54, 1.807) is 18.3 Å². The number of benzene rings is 1. The minimum Gasteiger partial charge on any atom is -0.394 e. The van der Waals surface area contributed by atoms with Crippen LogP contribution >= 0.6 is 11.6 Å². The summed E-state index contributed by atoms with van der Waals surface area (Å²) in [6, 6.07) is 6.16. The molecule has 0 spiro atoms. The summed E-state index contributed by atoms with van der Waals surface area (Å²) < 4.78 is 13.6. The summed E-state index contributed by atoms with van der Waals surface area (Å²) in [6.07, 6.45) is 3.59. The predicted octanol–water partition coefficient (Wildman–Crippen LogP) is 2.63. The Morgan fingerprint density at radius 1 is 1.31 bits per heavy atom. The van der Waals surface area contributed by atoms with Gasteiger partial charge >= 0.3 is 0 Å². The van der Waals surface area contributed by atoms with Crippen molar-refractivity contribution in [1.82, 2.24) is 20.3 Å². The van der Waals surface area contributed by atoms with Gasteiger partial charge in [0.25, 0.3) is 5.91 Å². The lowest BCUT2D eigenvalue weighted by molar-refractivity contribution is 0.0827. The van der Waals surface area contributed by atoms with E-state index in [9.17, 15) is 14.3 Å². The fraction of sp³-hybridized carbons (Fsp3) is 0.286. The van der Waals surface area contributed by atoms with Crippen molar-refractivity contribution in [3.05, 3.63) is 58.7 Å². The molecule has 1 aliphatic carbocycles. The number of aryl methyl sites for hydroxylation is 1. The Hall–Kier alpha value is -2.77. The van der Waals surface area contributed by atoms with E-state index in [0.717, 1.165) is 28.2 Å². The number of hydrogen-bond acceptors (Lipinski definition) is 4. The standard InChI is InChI=1S/C21H18ClFN4O2/c22-9-21(10-28)7-15-16(20(29)27-21)14-5-4-12-8-24-19(26-17(12)18(14)25-15)11-2-1-3-13(23)6-11/h1-3,6,8,25,28H,4-5,7,9-10H2,(H,27,29). The fourth-order valence-corrected chi connectivity index (χ4v) is 4.44. The Kier molecular flexibility index (Phi) is 4.18. The maximum atomic E-state index is 13.6. The monoisotopic (exact) mass is 412 g/mol. The zero-order valence-electron chi connectivity index (χ0n) is 15.4. The highest BCUT2D eigenvalue weighted by atomic mass is 35.5. The second kappa shape index (κ2) is 6.64. The van der Waals surface area contributed by atoms with Crippen LogP contribution in [-0.2, 0) is 19.3 Å². The van der Waals surface area contributed by atoms with Gasteiger partial charge in [-0.25, -0.2) is 14.4 Å². The van der Waals surface area contributed by atoms with Crippen LogP contribution in [-0.4, -0.2) is 44.0 Å². The molecule has 1 aliphatic heterocycles. The summed E-state index contributed by atoms with van der Waals surface area (Å²) in [5, 5.41) is 12.6. The SMILES string of the molecule is O=C1NC(CO)(CCl)Cc2[nH]c3c(c21)CCc1cnc(-c2cccc(F)c2)nc1-3. The molecule has 0 saturated carbocycles. The second-order valence-electron chi connectivity index (χ2n) is 7.61. The number of aliphatic hydroxyl groups excluding tert-OH is 1. The minimum absolute atomic E-state index is 0.112. The highest BCUT2D eigenvalue weighted by Crippen LogP contribution is 2.38. The summed E-state index contributed by atoms with van der Waals surface area (Å²) in [7, 11) is 0. The van der Waals surface area contributed by atoms with Gasteiger partial charge in [-0.2, -0.15) is 0 Å². The van der Waals surface area contributed by atoms with Crippen molar-refractivity contribution in [2.24, 2.45) is 0 Å². The zero-order valence-corrected chi connectivity index (χ0v) is 16.2. The van der Waals surface area contributed by atoms with E-state index in [-0.39, 0.29) is 24.2 Å². The van der Waals surface area contributed by atoms with Gasteiger partial charge in [0.05, 0.1) is 29.1 Å². The van der Waals surface area contributed by atoms with Crippen molar-refractivity contribution < 1.29 is 14.3 Å². The molecule has 1 amide bonds. The van der Waals surface area contributed by atoms with E-state index in [0.29, 0.717) is 36.2 Å². The van der Waals surface area contributed by atoms with Crippen LogP contribution in [0, 0.1) is 5.82 Å². The maximum absolute atomic E-state index is 13.6. The lowest BCUT2D eigenvalue weighted by atomic mass is 9.86. The first-order chi connectivity index (χ1) is 14.0. The minimum atomic E-state index is -0.875. The number of amides is 1. The average Bonchev–Trinajstić information content (AvgIpc) is 3.12. The lowest BCUT2D eigenvalue weighted by Crippen LogP contribution is -2.57. The molecule has 0 bridgehead atoms. The van der Waals surface area contributed by atoms with Gasteiger partial charge in [0.15, 0.2) is 5.82 Å². The molecule has 3 N–H and O–H groups in total. The highest BCUT2D eigenvalue weighted by molar-refractivity contribution is 6.19.